The zero-order valence-corrected chi connectivity index (χ0v) is 7.92. The largest absolute Gasteiger partial charge is 0.390 e. The summed E-state index contributed by atoms with van der Waals surface area (Å²) in [7, 11) is 1.61. The molecule has 0 saturated heterocycles. The molecule has 0 spiro atoms. The van der Waals surface area contributed by atoms with E-state index in [1.165, 1.54) is 0 Å². The third-order valence-corrected chi connectivity index (χ3v) is 2.95. The fourth-order valence-electron chi connectivity index (χ4n) is 2.24. The molecule has 3 N–H and O–H groups in total. The van der Waals surface area contributed by atoms with Crippen LogP contribution in [0.2, 0.25) is 0 Å². The maximum Gasteiger partial charge on any atom is 0.0841 e. The van der Waals surface area contributed by atoms with Crippen LogP contribution in [0.4, 0.5) is 0 Å². The van der Waals surface area contributed by atoms with Gasteiger partial charge in [0.1, 0.15) is 0 Å². The quantitative estimate of drug-likeness (QED) is 0.645. The van der Waals surface area contributed by atoms with Gasteiger partial charge < -0.3 is 15.6 Å². The van der Waals surface area contributed by atoms with E-state index < -0.39 is 0 Å². The Morgan fingerprint density at radius 2 is 2.25 bits per heavy atom. The summed E-state index contributed by atoms with van der Waals surface area (Å²) in [6, 6.07) is 0. The highest BCUT2D eigenvalue weighted by Gasteiger charge is 2.46. The minimum absolute atomic E-state index is 0.0462. The van der Waals surface area contributed by atoms with E-state index in [2.05, 4.69) is 6.92 Å². The first kappa shape index (κ1) is 9.96. The minimum Gasteiger partial charge on any atom is -0.390 e. The molecule has 0 heterocycles. The number of aliphatic hydroxyl groups excluding tert-OH is 1. The lowest BCUT2D eigenvalue weighted by molar-refractivity contribution is -0.0881. The van der Waals surface area contributed by atoms with Crippen LogP contribution in [0, 0.1) is 11.3 Å². The van der Waals surface area contributed by atoms with Gasteiger partial charge in [-0.15, -0.1) is 0 Å². The lowest BCUT2D eigenvalue weighted by atomic mass is 9.60. The molecule has 72 valence electrons. The molecule has 3 nitrogen and oxygen atoms in total. The normalized spacial score (nSPS) is 37.5. The molecule has 0 radical (unpaired) electrons. The summed E-state index contributed by atoms with van der Waals surface area (Å²) < 4.78 is 4.92. The molecular formula is C9H19NO2. The Balaban J connectivity index is 2.45. The van der Waals surface area contributed by atoms with Crippen LogP contribution in [0.3, 0.4) is 0 Å². The van der Waals surface area contributed by atoms with Crippen LogP contribution >= 0.6 is 0 Å². The van der Waals surface area contributed by atoms with Gasteiger partial charge in [0.05, 0.1) is 12.7 Å². The zero-order chi connectivity index (χ0) is 9.19. The van der Waals surface area contributed by atoms with E-state index in [0.717, 1.165) is 12.8 Å². The third kappa shape index (κ3) is 1.63. The van der Waals surface area contributed by atoms with Crippen LogP contribution in [-0.2, 0) is 4.74 Å². The van der Waals surface area contributed by atoms with Crippen LogP contribution in [0.1, 0.15) is 19.8 Å². The summed E-state index contributed by atoms with van der Waals surface area (Å²) >= 11 is 0. The smallest absolute Gasteiger partial charge is 0.0841 e. The van der Waals surface area contributed by atoms with Gasteiger partial charge >= 0.3 is 0 Å². The Morgan fingerprint density at radius 3 is 2.58 bits per heavy atom. The highest BCUT2D eigenvalue weighted by molar-refractivity contribution is 4.97. The van der Waals surface area contributed by atoms with Crippen molar-refractivity contribution in [1.29, 1.82) is 0 Å². The fourth-order valence-corrected chi connectivity index (χ4v) is 2.24. The lowest BCUT2D eigenvalue weighted by Crippen LogP contribution is -2.52. The monoisotopic (exact) mass is 173 g/mol. The third-order valence-electron chi connectivity index (χ3n) is 2.95. The van der Waals surface area contributed by atoms with Crippen LogP contribution in [-0.4, -0.2) is 31.5 Å². The SMILES string of the molecule is COCC(O)C1(CN)CC(C)C1. The number of hydrogen-bond acceptors (Lipinski definition) is 3. The molecule has 0 aliphatic heterocycles. The van der Waals surface area contributed by atoms with Gasteiger partial charge in [0.15, 0.2) is 0 Å². The van der Waals surface area contributed by atoms with Crippen LogP contribution in [0.25, 0.3) is 0 Å². The summed E-state index contributed by atoms with van der Waals surface area (Å²) in [4.78, 5) is 0. The maximum absolute atomic E-state index is 9.73. The molecule has 3 heteroatoms. The number of rotatable bonds is 4. The molecule has 0 bridgehead atoms. The summed E-state index contributed by atoms with van der Waals surface area (Å²) in [6.07, 6.45) is 1.69. The topological polar surface area (TPSA) is 55.5 Å². The molecule has 12 heavy (non-hydrogen) atoms. The second kappa shape index (κ2) is 3.73. The van der Waals surface area contributed by atoms with Crippen molar-refractivity contribution in [2.45, 2.75) is 25.9 Å². The number of hydrogen-bond donors (Lipinski definition) is 2. The number of ether oxygens (including phenoxy) is 1. The van der Waals surface area contributed by atoms with Gasteiger partial charge in [-0.1, -0.05) is 6.92 Å². The van der Waals surface area contributed by atoms with Crippen molar-refractivity contribution in [1.82, 2.24) is 0 Å². The van der Waals surface area contributed by atoms with Gasteiger partial charge in [0.25, 0.3) is 0 Å². The first-order valence-electron chi connectivity index (χ1n) is 4.51. The zero-order valence-electron chi connectivity index (χ0n) is 7.92. The molecule has 0 amide bonds. The number of methoxy groups -OCH3 is 1. The van der Waals surface area contributed by atoms with Gasteiger partial charge in [-0.05, 0) is 18.8 Å². The lowest BCUT2D eigenvalue weighted by Gasteiger charge is -2.48. The summed E-state index contributed by atoms with van der Waals surface area (Å²) in [5.74, 6) is 0.708. The number of nitrogens with two attached hydrogens (primary N) is 1. The highest BCUT2D eigenvalue weighted by Crippen LogP contribution is 2.47. The van der Waals surface area contributed by atoms with E-state index in [9.17, 15) is 5.11 Å². The predicted molar refractivity (Wildman–Crippen MR) is 47.8 cm³/mol. The average molecular weight is 173 g/mol. The summed E-state index contributed by atoms with van der Waals surface area (Å²) in [6.45, 7) is 3.17. The molecule has 1 rings (SSSR count). The van der Waals surface area contributed by atoms with Gasteiger partial charge in [-0.3, -0.25) is 0 Å². The molecule has 1 unspecified atom stereocenters. The van der Waals surface area contributed by atoms with Crippen LogP contribution in [0.15, 0.2) is 0 Å². The van der Waals surface area contributed by atoms with E-state index >= 15 is 0 Å². The summed E-state index contributed by atoms with van der Waals surface area (Å²) in [5, 5.41) is 9.73. The Bertz CT molecular complexity index is 143. The van der Waals surface area contributed by atoms with Crippen molar-refractivity contribution >= 4 is 0 Å². The van der Waals surface area contributed by atoms with Crippen molar-refractivity contribution < 1.29 is 9.84 Å². The van der Waals surface area contributed by atoms with E-state index in [-0.39, 0.29) is 11.5 Å². The Labute approximate surface area is 73.9 Å². The van der Waals surface area contributed by atoms with Crippen LogP contribution < -0.4 is 5.73 Å². The van der Waals surface area contributed by atoms with Crippen molar-refractivity contribution in [3.63, 3.8) is 0 Å². The Kier molecular flexibility index (Phi) is 3.09. The van der Waals surface area contributed by atoms with E-state index in [0.29, 0.717) is 19.1 Å². The van der Waals surface area contributed by atoms with Crippen molar-refractivity contribution in [2.75, 3.05) is 20.3 Å². The van der Waals surface area contributed by atoms with Gasteiger partial charge in [-0.2, -0.15) is 0 Å². The van der Waals surface area contributed by atoms with E-state index in [4.69, 9.17) is 10.5 Å². The molecule has 1 aliphatic rings. The molecule has 0 aromatic rings. The second-order valence-corrected chi connectivity index (χ2v) is 4.05. The molecular weight excluding hydrogens is 154 g/mol. The van der Waals surface area contributed by atoms with Gasteiger partial charge in [-0.25, -0.2) is 0 Å². The Hall–Kier alpha value is -0.120. The molecule has 1 aliphatic carbocycles. The molecule has 1 fully saturated rings. The van der Waals surface area contributed by atoms with Gasteiger partial charge in [0.2, 0.25) is 0 Å². The molecule has 0 aromatic heterocycles. The standard InChI is InChI=1S/C9H19NO2/c1-7-3-9(4-7,6-10)8(11)5-12-2/h7-8,11H,3-6,10H2,1-2H3. The first-order chi connectivity index (χ1) is 5.64. The van der Waals surface area contributed by atoms with Crippen molar-refractivity contribution in [3.05, 3.63) is 0 Å². The van der Waals surface area contributed by atoms with E-state index in [1.54, 1.807) is 7.11 Å². The predicted octanol–water partition coefficient (Wildman–Crippen LogP) is 0.369. The van der Waals surface area contributed by atoms with Crippen molar-refractivity contribution in [2.24, 2.45) is 17.1 Å². The van der Waals surface area contributed by atoms with Gasteiger partial charge in [0, 0.05) is 19.1 Å². The second-order valence-electron chi connectivity index (χ2n) is 4.05. The highest BCUT2D eigenvalue weighted by atomic mass is 16.5. The van der Waals surface area contributed by atoms with Crippen LogP contribution in [0.5, 0.6) is 0 Å². The Morgan fingerprint density at radius 1 is 1.67 bits per heavy atom. The summed E-state index contributed by atoms with van der Waals surface area (Å²) in [5.41, 5.74) is 5.60. The molecule has 1 atom stereocenters. The minimum atomic E-state index is -0.385. The van der Waals surface area contributed by atoms with E-state index in [1.807, 2.05) is 0 Å². The maximum atomic E-state index is 9.73. The first-order valence-corrected chi connectivity index (χ1v) is 4.51. The fraction of sp³-hybridized carbons (Fsp3) is 1.00. The molecule has 0 aromatic carbocycles. The van der Waals surface area contributed by atoms with Crippen molar-refractivity contribution in [3.8, 4) is 0 Å². The average Bonchev–Trinajstić information content (AvgIpc) is 1.98. The molecule has 1 saturated carbocycles. The number of aliphatic hydroxyl groups is 1.